The highest BCUT2D eigenvalue weighted by Crippen LogP contribution is 2.19. The van der Waals surface area contributed by atoms with E-state index in [0.717, 1.165) is 44.0 Å². The van der Waals surface area contributed by atoms with E-state index in [0.29, 0.717) is 5.92 Å². The van der Waals surface area contributed by atoms with Crippen molar-refractivity contribution >= 4 is 0 Å². The molecular formula is C10H18N4. The van der Waals surface area contributed by atoms with Crippen molar-refractivity contribution in [1.29, 1.82) is 0 Å². The third-order valence-electron chi connectivity index (χ3n) is 2.94. The summed E-state index contributed by atoms with van der Waals surface area (Å²) >= 11 is 0. The number of fused-ring (bicyclic) bond motifs is 1. The summed E-state index contributed by atoms with van der Waals surface area (Å²) in [7, 11) is 0. The standard InChI is InChI=1S/C10H18N4/c1-2-3-9-12-13-10-6-8(7-11)4-5-14(9)10/h8H,2-7,11H2,1H3. The van der Waals surface area contributed by atoms with Crippen LogP contribution < -0.4 is 5.73 Å². The Morgan fingerprint density at radius 3 is 3.07 bits per heavy atom. The van der Waals surface area contributed by atoms with Gasteiger partial charge in [0, 0.05) is 19.4 Å². The van der Waals surface area contributed by atoms with Crippen LogP contribution in [0.2, 0.25) is 0 Å². The molecule has 1 aromatic rings. The zero-order valence-electron chi connectivity index (χ0n) is 8.74. The summed E-state index contributed by atoms with van der Waals surface area (Å²) in [6.07, 6.45) is 4.37. The van der Waals surface area contributed by atoms with Gasteiger partial charge in [-0.1, -0.05) is 6.92 Å². The van der Waals surface area contributed by atoms with Gasteiger partial charge in [-0.05, 0) is 25.3 Å². The minimum atomic E-state index is 0.612. The zero-order valence-corrected chi connectivity index (χ0v) is 8.74. The predicted molar refractivity (Wildman–Crippen MR) is 54.9 cm³/mol. The molecule has 0 bridgehead atoms. The Morgan fingerprint density at radius 1 is 1.50 bits per heavy atom. The van der Waals surface area contributed by atoms with E-state index in [1.807, 2.05) is 0 Å². The van der Waals surface area contributed by atoms with E-state index in [9.17, 15) is 0 Å². The summed E-state index contributed by atoms with van der Waals surface area (Å²) in [6.45, 7) is 4.00. The molecule has 2 rings (SSSR count). The maximum absolute atomic E-state index is 5.67. The Morgan fingerprint density at radius 2 is 2.36 bits per heavy atom. The molecule has 1 aromatic heterocycles. The zero-order chi connectivity index (χ0) is 9.97. The summed E-state index contributed by atoms with van der Waals surface area (Å²) in [6, 6.07) is 0. The van der Waals surface area contributed by atoms with Gasteiger partial charge in [0.25, 0.3) is 0 Å². The van der Waals surface area contributed by atoms with Crippen LogP contribution in [0.4, 0.5) is 0 Å². The smallest absolute Gasteiger partial charge is 0.133 e. The van der Waals surface area contributed by atoms with Crippen molar-refractivity contribution in [1.82, 2.24) is 14.8 Å². The van der Waals surface area contributed by atoms with Gasteiger partial charge >= 0.3 is 0 Å². The highest BCUT2D eigenvalue weighted by Gasteiger charge is 2.21. The van der Waals surface area contributed by atoms with Crippen molar-refractivity contribution in [3.63, 3.8) is 0 Å². The van der Waals surface area contributed by atoms with Crippen LogP contribution in [0.15, 0.2) is 0 Å². The van der Waals surface area contributed by atoms with E-state index >= 15 is 0 Å². The number of aromatic nitrogens is 3. The van der Waals surface area contributed by atoms with Crippen molar-refractivity contribution in [3.8, 4) is 0 Å². The van der Waals surface area contributed by atoms with E-state index in [-0.39, 0.29) is 0 Å². The van der Waals surface area contributed by atoms with Crippen molar-refractivity contribution < 1.29 is 0 Å². The fourth-order valence-corrected chi connectivity index (χ4v) is 2.06. The van der Waals surface area contributed by atoms with Gasteiger partial charge in [0.2, 0.25) is 0 Å². The normalized spacial score (nSPS) is 20.9. The summed E-state index contributed by atoms with van der Waals surface area (Å²) in [4.78, 5) is 0. The average Bonchev–Trinajstić information content (AvgIpc) is 2.61. The molecule has 78 valence electrons. The van der Waals surface area contributed by atoms with Crippen LogP contribution in [0.5, 0.6) is 0 Å². The van der Waals surface area contributed by atoms with E-state index < -0.39 is 0 Å². The van der Waals surface area contributed by atoms with Crippen LogP contribution in [-0.4, -0.2) is 21.3 Å². The van der Waals surface area contributed by atoms with E-state index in [4.69, 9.17) is 5.73 Å². The lowest BCUT2D eigenvalue weighted by Gasteiger charge is -2.22. The molecule has 0 aliphatic carbocycles. The maximum atomic E-state index is 5.67. The highest BCUT2D eigenvalue weighted by atomic mass is 15.3. The molecule has 1 aliphatic heterocycles. The Bertz CT molecular complexity index is 305. The molecule has 14 heavy (non-hydrogen) atoms. The number of hydrogen-bond donors (Lipinski definition) is 1. The van der Waals surface area contributed by atoms with Crippen LogP contribution in [0.3, 0.4) is 0 Å². The number of nitrogens with zero attached hydrogens (tertiary/aromatic N) is 3. The number of aryl methyl sites for hydroxylation is 1. The highest BCUT2D eigenvalue weighted by molar-refractivity contribution is 5.00. The second kappa shape index (κ2) is 4.09. The second-order valence-corrected chi connectivity index (χ2v) is 4.03. The lowest BCUT2D eigenvalue weighted by molar-refractivity contribution is 0.383. The van der Waals surface area contributed by atoms with Crippen LogP contribution in [-0.2, 0) is 19.4 Å². The van der Waals surface area contributed by atoms with Gasteiger partial charge in [-0.3, -0.25) is 0 Å². The topological polar surface area (TPSA) is 56.7 Å². The van der Waals surface area contributed by atoms with E-state index in [1.165, 1.54) is 6.42 Å². The first kappa shape index (κ1) is 9.65. The van der Waals surface area contributed by atoms with E-state index in [1.54, 1.807) is 0 Å². The number of hydrogen-bond acceptors (Lipinski definition) is 3. The van der Waals surface area contributed by atoms with Crippen LogP contribution in [0.25, 0.3) is 0 Å². The maximum Gasteiger partial charge on any atom is 0.133 e. The first-order valence-electron chi connectivity index (χ1n) is 5.46. The molecule has 0 fully saturated rings. The Balaban J connectivity index is 2.16. The van der Waals surface area contributed by atoms with Crippen LogP contribution in [0.1, 0.15) is 31.4 Å². The molecule has 2 heterocycles. The molecule has 1 aliphatic rings. The first-order valence-corrected chi connectivity index (χ1v) is 5.46. The first-order chi connectivity index (χ1) is 6.85. The second-order valence-electron chi connectivity index (χ2n) is 4.03. The molecule has 1 unspecified atom stereocenters. The third-order valence-corrected chi connectivity index (χ3v) is 2.94. The van der Waals surface area contributed by atoms with Crippen molar-refractivity contribution in [3.05, 3.63) is 11.6 Å². The number of rotatable bonds is 3. The van der Waals surface area contributed by atoms with Gasteiger partial charge in [-0.25, -0.2) is 0 Å². The number of nitrogens with two attached hydrogens (primary N) is 1. The average molecular weight is 194 g/mol. The molecule has 0 saturated carbocycles. The molecule has 0 aromatic carbocycles. The van der Waals surface area contributed by atoms with E-state index in [2.05, 4.69) is 21.7 Å². The minimum absolute atomic E-state index is 0.612. The molecule has 0 saturated heterocycles. The summed E-state index contributed by atoms with van der Waals surface area (Å²) < 4.78 is 2.27. The Kier molecular flexibility index (Phi) is 2.82. The summed E-state index contributed by atoms with van der Waals surface area (Å²) in [5.41, 5.74) is 5.67. The largest absolute Gasteiger partial charge is 0.330 e. The van der Waals surface area contributed by atoms with Crippen molar-refractivity contribution in [2.24, 2.45) is 11.7 Å². The quantitative estimate of drug-likeness (QED) is 0.772. The minimum Gasteiger partial charge on any atom is -0.330 e. The lowest BCUT2D eigenvalue weighted by atomic mass is 9.98. The van der Waals surface area contributed by atoms with Crippen molar-refractivity contribution in [2.75, 3.05) is 6.54 Å². The molecule has 4 heteroatoms. The Hall–Kier alpha value is -0.900. The molecule has 0 amide bonds. The summed E-state index contributed by atoms with van der Waals surface area (Å²) in [5, 5.41) is 8.46. The molecule has 1 atom stereocenters. The Labute approximate surface area is 84.5 Å². The van der Waals surface area contributed by atoms with Crippen LogP contribution >= 0.6 is 0 Å². The molecular weight excluding hydrogens is 176 g/mol. The SMILES string of the molecule is CCCc1nnc2n1CCC(CN)C2. The fourth-order valence-electron chi connectivity index (χ4n) is 2.06. The van der Waals surface area contributed by atoms with Crippen LogP contribution in [0, 0.1) is 5.92 Å². The third kappa shape index (κ3) is 1.66. The van der Waals surface area contributed by atoms with Gasteiger partial charge in [0.1, 0.15) is 11.6 Å². The molecule has 2 N–H and O–H groups in total. The molecule has 4 nitrogen and oxygen atoms in total. The predicted octanol–water partition coefficient (Wildman–Crippen LogP) is 0.752. The molecule has 0 spiro atoms. The van der Waals surface area contributed by atoms with Gasteiger partial charge in [0.15, 0.2) is 0 Å². The lowest BCUT2D eigenvalue weighted by Crippen LogP contribution is -2.26. The van der Waals surface area contributed by atoms with Gasteiger partial charge in [0.05, 0.1) is 0 Å². The molecule has 0 radical (unpaired) electrons. The van der Waals surface area contributed by atoms with Gasteiger partial charge in [-0.2, -0.15) is 0 Å². The van der Waals surface area contributed by atoms with Crippen molar-refractivity contribution in [2.45, 2.75) is 39.2 Å². The van der Waals surface area contributed by atoms with Gasteiger partial charge in [-0.15, -0.1) is 10.2 Å². The fraction of sp³-hybridized carbons (Fsp3) is 0.800. The van der Waals surface area contributed by atoms with Gasteiger partial charge < -0.3 is 10.3 Å². The monoisotopic (exact) mass is 194 g/mol. The summed E-state index contributed by atoms with van der Waals surface area (Å²) in [5.74, 6) is 2.90.